The molecule has 154 valence electrons. The Kier molecular flexibility index (Phi) is 7.30. The van der Waals surface area contributed by atoms with Gasteiger partial charge in [-0.2, -0.15) is 0 Å². The Morgan fingerprint density at radius 3 is 1.29 bits per heavy atom. The van der Waals surface area contributed by atoms with Crippen molar-refractivity contribution in [1.82, 2.24) is 0 Å². The second-order valence-corrected chi connectivity index (χ2v) is 7.53. The number of nitrogens with zero attached hydrogens (tertiary/aromatic N) is 2. The SMILES string of the molecule is O=C(CC[N+]1(O)C(=O)CCC1=O)OSSOC(=O)CC[N+]1(O)C(=O)CCC1=O. The van der Waals surface area contributed by atoms with Crippen LogP contribution in [0.2, 0.25) is 0 Å². The molecule has 0 atom stereocenters. The summed E-state index contributed by atoms with van der Waals surface area (Å²) in [5.41, 5.74) is 0. The van der Waals surface area contributed by atoms with Crippen molar-refractivity contribution < 1.29 is 56.8 Å². The van der Waals surface area contributed by atoms with Crippen LogP contribution in [0.15, 0.2) is 0 Å². The first-order valence-electron chi connectivity index (χ1n) is 8.18. The fraction of sp³-hybridized carbons (Fsp3) is 0.571. The minimum Gasteiger partial charge on any atom is -0.376 e. The average Bonchev–Trinajstić information content (AvgIpc) is 3.07. The second-order valence-electron chi connectivity index (χ2n) is 6.11. The number of rotatable bonds is 9. The Labute approximate surface area is 166 Å². The van der Waals surface area contributed by atoms with Gasteiger partial charge in [-0.15, -0.1) is 0 Å². The van der Waals surface area contributed by atoms with Crippen molar-refractivity contribution in [3.8, 4) is 0 Å². The van der Waals surface area contributed by atoms with E-state index < -0.39 is 70.8 Å². The van der Waals surface area contributed by atoms with Crippen molar-refractivity contribution in [3.63, 3.8) is 0 Å². The van der Waals surface area contributed by atoms with E-state index in [-0.39, 0.29) is 25.7 Å². The summed E-state index contributed by atoms with van der Waals surface area (Å²) < 4.78 is 6.46. The van der Waals surface area contributed by atoms with Crippen LogP contribution in [0.1, 0.15) is 38.5 Å². The summed E-state index contributed by atoms with van der Waals surface area (Å²) in [5, 5.41) is 19.8. The van der Waals surface area contributed by atoms with Gasteiger partial charge in [0.25, 0.3) is 0 Å². The van der Waals surface area contributed by atoms with Crippen molar-refractivity contribution >= 4 is 57.7 Å². The predicted molar refractivity (Wildman–Crippen MR) is 88.9 cm³/mol. The molecule has 0 aromatic rings. The second kappa shape index (κ2) is 9.11. The number of hydrogen-bond acceptors (Lipinski definition) is 12. The summed E-state index contributed by atoms with van der Waals surface area (Å²) in [6.45, 7) is -0.889. The van der Waals surface area contributed by atoms with E-state index in [2.05, 4.69) is 8.37 Å². The third-order valence-electron chi connectivity index (χ3n) is 4.32. The van der Waals surface area contributed by atoms with Crippen LogP contribution in [0.25, 0.3) is 0 Å². The highest BCUT2D eigenvalue weighted by Gasteiger charge is 2.50. The number of amides is 4. The summed E-state index contributed by atoms with van der Waals surface area (Å²) in [6.07, 6.45) is -1.17. The minimum atomic E-state index is -1.43. The standard InChI is InChI=1S/C14H18N2O10S2/c17-9-1-2-10(18)15(9,23)7-5-13(21)25-27-28-26-14(22)6-8-16(24)11(19)3-4-12(16)20/h23-24H,1-8H2/q+2. The van der Waals surface area contributed by atoms with Crippen LogP contribution < -0.4 is 0 Å². The minimum absolute atomic E-state index is 0.0873. The van der Waals surface area contributed by atoms with Gasteiger partial charge in [0.15, 0.2) is 22.1 Å². The van der Waals surface area contributed by atoms with E-state index >= 15 is 0 Å². The zero-order valence-electron chi connectivity index (χ0n) is 14.5. The summed E-state index contributed by atoms with van der Waals surface area (Å²) in [6, 6.07) is 0. The van der Waals surface area contributed by atoms with Gasteiger partial charge in [-0.3, -0.25) is 9.59 Å². The molecule has 2 N–H and O–H groups in total. The number of hydrogen-bond donors (Lipinski definition) is 2. The lowest BCUT2D eigenvalue weighted by atomic mass is 10.4. The normalized spacial score (nSPS) is 20.5. The maximum Gasteiger partial charge on any atom is 0.353 e. The van der Waals surface area contributed by atoms with Crippen LogP contribution in [-0.4, -0.2) is 68.4 Å². The maximum absolute atomic E-state index is 11.6. The van der Waals surface area contributed by atoms with Gasteiger partial charge in [0.05, 0.1) is 38.5 Å². The highest BCUT2D eigenvalue weighted by atomic mass is 33.1. The van der Waals surface area contributed by atoms with E-state index in [0.717, 1.165) is 0 Å². The Balaban J connectivity index is 1.62. The third-order valence-corrected chi connectivity index (χ3v) is 5.45. The van der Waals surface area contributed by atoms with Gasteiger partial charge < -0.3 is 8.37 Å². The van der Waals surface area contributed by atoms with Gasteiger partial charge in [0.1, 0.15) is 13.1 Å². The van der Waals surface area contributed by atoms with Gasteiger partial charge in [-0.1, -0.05) is 9.29 Å². The molecule has 2 saturated heterocycles. The first-order chi connectivity index (χ1) is 13.1. The Bertz CT molecular complexity index is 633. The topological polar surface area (TPSA) is 161 Å². The molecule has 0 aromatic heterocycles. The lowest BCUT2D eigenvalue weighted by Crippen LogP contribution is -2.50. The number of hydroxylamine groups is 6. The highest BCUT2D eigenvalue weighted by Crippen LogP contribution is 2.27. The van der Waals surface area contributed by atoms with E-state index in [4.69, 9.17) is 0 Å². The highest BCUT2D eigenvalue weighted by molar-refractivity contribution is 8.73. The van der Waals surface area contributed by atoms with E-state index in [0.29, 0.717) is 22.1 Å². The number of carbonyl (C=O) groups is 6. The van der Waals surface area contributed by atoms with Crippen LogP contribution in [0.4, 0.5) is 0 Å². The van der Waals surface area contributed by atoms with Crippen LogP contribution in [-0.2, 0) is 37.1 Å². The molecule has 0 aliphatic carbocycles. The van der Waals surface area contributed by atoms with E-state index in [1.807, 2.05) is 0 Å². The monoisotopic (exact) mass is 438 g/mol. The fourth-order valence-electron chi connectivity index (χ4n) is 2.64. The van der Waals surface area contributed by atoms with Crippen LogP contribution in [0, 0.1) is 0 Å². The first kappa shape index (κ1) is 22.4. The lowest BCUT2D eigenvalue weighted by molar-refractivity contribution is -0.970. The number of carbonyl (C=O) groups excluding carboxylic acids is 6. The van der Waals surface area contributed by atoms with Gasteiger partial charge in [0, 0.05) is 0 Å². The van der Waals surface area contributed by atoms with Crippen LogP contribution in [0.3, 0.4) is 0 Å². The summed E-state index contributed by atoms with van der Waals surface area (Å²) >= 11 is 0.790. The molecule has 0 unspecified atom stereocenters. The van der Waals surface area contributed by atoms with Gasteiger partial charge in [-0.25, -0.2) is 29.6 Å². The fourth-order valence-corrected chi connectivity index (χ4v) is 3.63. The zero-order valence-corrected chi connectivity index (χ0v) is 16.2. The Morgan fingerprint density at radius 2 is 1.00 bits per heavy atom. The molecule has 2 fully saturated rings. The van der Waals surface area contributed by atoms with Crippen molar-refractivity contribution in [2.75, 3.05) is 13.1 Å². The molecule has 0 aromatic carbocycles. The van der Waals surface area contributed by atoms with E-state index in [1.54, 1.807) is 0 Å². The number of quaternary nitrogens is 2. The molecular formula is C14H18N2O10S2+2. The molecule has 2 heterocycles. The van der Waals surface area contributed by atoms with Crippen LogP contribution >= 0.6 is 22.1 Å². The summed E-state index contributed by atoms with van der Waals surface area (Å²) in [5.74, 6) is -4.44. The molecular weight excluding hydrogens is 420 g/mol. The predicted octanol–water partition coefficient (Wildman–Crippen LogP) is 0.170. The van der Waals surface area contributed by atoms with Gasteiger partial charge >= 0.3 is 35.6 Å². The number of imide groups is 2. The Morgan fingerprint density at radius 1 is 0.714 bits per heavy atom. The lowest BCUT2D eigenvalue weighted by Gasteiger charge is -2.18. The Hall–Kier alpha value is -1.84. The quantitative estimate of drug-likeness (QED) is 0.126. The summed E-state index contributed by atoms with van der Waals surface area (Å²) in [4.78, 5) is 69.1. The van der Waals surface area contributed by atoms with E-state index in [1.165, 1.54) is 0 Å². The van der Waals surface area contributed by atoms with Gasteiger partial charge in [0.2, 0.25) is 0 Å². The zero-order chi connectivity index (χ0) is 20.9. The molecule has 0 radical (unpaired) electrons. The molecule has 2 rings (SSSR count). The average molecular weight is 438 g/mol. The molecule has 2 aliphatic rings. The molecule has 0 bridgehead atoms. The maximum atomic E-state index is 11.6. The molecule has 0 saturated carbocycles. The molecule has 14 heteroatoms. The molecule has 2 aliphatic heterocycles. The first-order valence-corrected chi connectivity index (χ1v) is 10.2. The van der Waals surface area contributed by atoms with Crippen molar-refractivity contribution in [1.29, 1.82) is 0 Å². The van der Waals surface area contributed by atoms with E-state index in [9.17, 15) is 39.2 Å². The number of likely N-dealkylation sites (tertiary alicyclic amines) is 2. The molecule has 12 nitrogen and oxygen atoms in total. The van der Waals surface area contributed by atoms with Crippen molar-refractivity contribution in [2.45, 2.75) is 38.5 Å². The van der Waals surface area contributed by atoms with Crippen molar-refractivity contribution in [3.05, 3.63) is 0 Å². The smallest absolute Gasteiger partial charge is 0.353 e. The van der Waals surface area contributed by atoms with Crippen molar-refractivity contribution in [2.24, 2.45) is 0 Å². The molecule has 28 heavy (non-hydrogen) atoms. The van der Waals surface area contributed by atoms with Gasteiger partial charge in [-0.05, 0) is 0 Å². The molecule has 4 amide bonds. The third kappa shape index (κ3) is 4.95. The largest absolute Gasteiger partial charge is 0.376 e. The van der Waals surface area contributed by atoms with Crippen LogP contribution in [0.5, 0.6) is 0 Å². The summed E-state index contributed by atoms with van der Waals surface area (Å²) in [7, 11) is 0. The molecule has 0 spiro atoms.